The normalized spacial score (nSPS) is 12.0. The van der Waals surface area contributed by atoms with Crippen molar-refractivity contribution < 1.29 is 22.7 Å². The van der Waals surface area contributed by atoms with Gasteiger partial charge in [0.25, 0.3) is 15.9 Å². The van der Waals surface area contributed by atoms with Gasteiger partial charge in [-0.25, -0.2) is 8.42 Å². The fourth-order valence-corrected chi connectivity index (χ4v) is 4.27. The summed E-state index contributed by atoms with van der Waals surface area (Å²) in [5.74, 6) is 0.828. The Labute approximate surface area is 194 Å². The Bertz CT molecular complexity index is 1220. The van der Waals surface area contributed by atoms with Gasteiger partial charge in [-0.3, -0.25) is 9.52 Å². The third kappa shape index (κ3) is 6.26. The number of hydrogen-bond acceptors (Lipinski definition) is 5. The van der Waals surface area contributed by atoms with E-state index >= 15 is 0 Å². The average Bonchev–Trinajstić information content (AvgIpc) is 2.80. The summed E-state index contributed by atoms with van der Waals surface area (Å²) in [6.07, 6.45) is -0.263. The molecule has 0 aliphatic carbocycles. The van der Waals surface area contributed by atoms with Gasteiger partial charge in [-0.1, -0.05) is 25.1 Å². The molecule has 0 aliphatic heterocycles. The van der Waals surface area contributed by atoms with E-state index in [4.69, 9.17) is 9.47 Å². The minimum atomic E-state index is -3.77. The number of nitrogens with one attached hydrogen (secondary N) is 2. The molecule has 2 N–H and O–H groups in total. The number of hydrogen-bond donors (Lipinski definition) is 2. The molecule has 1 atom stereocenters. The molecule has 174 valence electrons. The van der Waals surface area contributed by atoms with Crippen LogP contribution in [0.15, 0.2) is 71.6 Å². The summed E-state index contributed by atoms with van der Waals surface area (Å²) in [5.41, 5.74) is 2.79. The van der Waals surface area contributed by atoms with Crippen molar-refractivity contribution in [3.63, 3.8) is 0 Å². The molecule has 8 heteroatoms. The highest BCUT2D eigenvalue weighted by atomic mass is 32.2. The van der Waals surface area contributed by atoms with Gasteiger partial charge in [0.2, 0.25) is 0 Å². The largest absolute Gasteiger partial charge is 0.497 e. The molecular formula is C25H28N2O5S. The quantitative estimate of drug-likeness (QED) is 0.465. The minimum Gasteiger partial charge on any atom is -0.497 e. The van der Waals surface area contributed by atoms with Crippen molar-refractivity contribution in [2.24, 2.45) is 0 Å². The van der Waals surface area contributed by atoms with E-state index in [0.717, 1.165) is 11.1 Å². The van der Waals surface area contributed by atoms with E-state index < -0.39 is 16.1 Å². The minimum absolute atomic E-state index is 0.0982. The van der Waals surface area contributed by atoms with E-state index in [1.165, 1.54) is 12.1 Å². The molecule has 0 heterocycles. The number of anilines is 2. The van der Waals surface area contributed by atoms with Crippen molar-refractivity contribution in [3.8, 4) is 11.5 Å². The first-order chi connectivity index (χ1) is 15.7. The van der Waals surface area contributed by atoms with Crippen molar-refractivity contribution in [2.75, 3.05) is 17.1 Å². The first kappa shape index (κ1) is 24.1. The molecule has 3 aromatic rings. The fourth-order valence-electron chi connectivity index (χ4n) is 3.15. The zero-order valence-corrected chi connectivity index (χ0v) is 19.9. The number of benzene rings is 3. The van der Waals surface area contributed by atoms with Crippen LogP contribution >= 0.6 is 0 Å². The van der Waals surface area contributed by atoms with Crippen molar-refractivity contribution >= 4 is 27.3 Å². The van der Waals surface area contributed by atoms with E-state index in [1.54, 1.807) is 49.6 Å². The molecule has 0 fully saturated rings. The van der Waals surface area contributed by atoms with Crippen molar-refractivity contribution in [1.29, 1.82) is 0 Å². The Balaban J connectivity index is 1.68. The van der Waals surface area contributed by atoms with Gasteiger partial charge in [-0.15, -0.1) is 0 Å². The fraction of sp³-hybridized carbons (Fsp3) is 0.240. The van der Waals surface area contributed by atoms with Gasteiger partial charge in [0, 0.05) is 11.8 Å². The Morgan fingerprint density at radius 3 is 2.33 bits per heavy atom. The van der Waals surface area contributed by atoms with E-state index in [9.17, 15) is 13.2 Å². The van der Waals surface area contributed by atoms with Crippen LogP contribution in [-0.4, -0.2) is 27.5 Å². The highest BCUT2D eigenvalue weighted by Crippen LogP contribution is 2.23. The molecule has 0 radical (unpaired) electrons. The number of amides is 1. The van der Waals surface area contributed by atoms with Crippen LogP contribution in [0.25, 0.3) is 0 Å². The number of ether oxygens (including phenoxy) is 2. The molecular weight excluding hydrogens is 440 g/mol. The molecule has 3 rings (SSSR count). The molecule has 0 saturated carbocycles. The standard InChI is InChI=1S/C25H28N2O5S/c1-5-24(32-21-8-6-7-20(16-21)31-4)25(28)26-19-11-13-22(14-12-19)33(29,30)27-23-15-17(2)9-10-18(23)3/h6-16,24,27H,5H2,1-4H3,(H,26,28). The number of sulfonamides is 1. The maximum atomic E-state index is 12.8. The molecule has 0 bridgehead atoms. The zero-order valence-electron chi connectivity index (χ0n) is 19.1. The third-order valence-electron chi connectivity index (χ3n) is 5.05. The van der Waals surface area contributed by atoms with E-state index in [1.807, 2.05) is 32.9 Å². The lowest BCUT2D eigenvalue weighted by Gasteiger charge is -2.18. The van der Waals surface area contributed by atoms with Gasteiger partial charge in [0.15, 0.2) is 6.10 Å². The smallest absolute Gasteiger partial charge is 0.265 e. The number of carbonyl (C=O) groups excluding carboxylic acids is 1. The van der Waals surface area contributed by atoms with Crippen LogP contribution in [0.2, 0.25) is 0 Å². The van der Waals surface area contributed by atoms with Crippen LogP contribution in [-0.2, 0) is 14.8 Å². The molecule has 0 saturated heterocycles. The van der Waals surface area contributed by atoms with Crippen molar-refractivity contribution in [1.82, 2.24) is 0 Å². The Kier molecular flexibility index (Phi) is 7.60. The lowest BCUT2D eigenvalue weighted by Crippen LogP contribution is -2.32. The van der Waals surface area contributed by atoms with E-state index in [0.29, 0.717) is 29.3 Å². The monoisotopic (exact) mass is 468 g/mol. The summed E-state index contributed by atoms with van der Waals surface area (Å²) < 4.78 is 39.2. The van der Waals surface area contributed by atoms with Gasteiger partial charge in [-0.2, -0.15) is 0 Å². The highest BCUT2D eigenvalue weighted by molar-refractivity contribution is 7.92. The summed E-state index contributed by atoms with van der Waals surface area (Å²) in [6.45, 7) is 5.59. The number of carbonyl (C=O) groups is 1. The molecule has 7 nitrogen and oxygen atoms in total. The molecule has 1 amide bonds. The maximum Gasteiger partial charge on any atom is 0.265 e. The summed E-state index contributed by atoms with van der Waals surface area (Å²) in [6, 6.07) is 18.6. The lowest BCUT2D eigenvalue weighted by atomic mass is 10.1. The lowest BCUT2D eigenvalue weighted by molar-refractivity contribution is -0.122. The molecule has 0 aromatic heterocycles. The SMILES string of the molecule is CCC(Oc1cccc(OC)c1)C(=O)Nc1ccc(S(=O)(=O)Nc2cc(C)ccc2C)cc1. The first-order valence-corrected chi connectivity index (χ1v) is 12.0. The third-order valence-corrected chi connectivity index (χ3v) is 6.43. The van der Waals surface area contributed by atoms with Crippen LogP contribution < -0.4 is 19.5 Å². The predicted molar refractivity (Wildman–Crippen MR) is 129 cm³/mol. The maximum absolute atomic E-state index is 12.8. The second-order valence-corrected chi connectivity index (χ2v) is 9.31. The second-order valence-electron chi connectivity index (χ2n) is 7.63. The van der Waals surface area contributed by atoms with E-state index in [2.05, 4.69) is 10.0 Å². The average molecular weight is 469 g/mol. The first-order valence-electron chi connectivity index (χ1n) is 10.5. The van der Waals surface area contributed by atoms with Gasteiger partial charge >= 0.3 is 0 Å². The van der Waals surface area contributed by atoms with E-state index in [-0.39, 0.29) is 10.8 Å². The summed E-state index contributed by atoms with van der Waals surface area (Å²) >= 11 is 0. The van der Waals surface area contributed by atoms with Gasteiger partial charge < -0.3 is 14.8 Å². The summed E-state index contributed by atoms with van der Waals surface area (Å²) in [7, 11) is -2.21. The highest BCUT2D eigenvalue weighted by Gasteiger charge is 2.20. The summed E-state index contributed by atoms with van der Waals surface area (Å²) in [5, 5.41) is 2.78. The molecule has 3 aromatic carbocycles. The predicted octanol–water partition coefficient (Wildman–Crippen LogP) is 4.91. The zero-order chi connectivity index (χ0) is 24.0. The Hall–Kier alpha value is -3.52. The van der Waals surface area contributed by atoms with Crippen molar-refractivity contribution in [3.05, 3.63) is 77.9 Å². The summed E-state index contributed by atoms with van der Waals surface area (Å²) in [4.78, 5) is 12.8. The molecule has 1 unspecified atom stereocenters. The number of aryl methyl sites for hydroxylation is 2. The Morgan fingerprint density at radius 1 is 0.970 bits per heavy atom. The topological polar surface area (TPSA) is 93.7 Å². The van der Waals surface area contributed by atoms with Crippen LogP contribution in [0.5, 0.6) is 11.5 Å². The number of methoxy groups -OCH3 is 1. The second kappa shape index (κ2) is 10.4. The van der Waals surface area contributed by atoms with Crippen LogP contribution in [0.1, 0.15) is 24.5 Å². The molecule has 0 aliphatic rings. The van der Waals surface area contributed by atoms with Gasteiger partial charge in [0.05, 0.1) is 17.7 Å². The van der Waals surface area contributed by atoms with Gasteiger partial charge in [0.1, 0.15) is 11.5 Å². The molecule has 0 spiro atoms. The van der Waals surface area contributed by atoms with Crippen LogP contribution in [0.3, 0.4) is 0 Å². The van der Waals surface area contributed by atoms with Crippen LogP contribution in [0.4, 0.5) is 11.4 Å². The number of rotatable bonds is 9. The van der Waals surface area contributed by atoms with Crippen molar-refractivity contribution in [2.45, 2.75) is 38.2 Å². The molecule has 33 heavy (non-hydrogen) atoms. The Morgan fingerprint density at radius 2 is 1.67 bits per heavy atom. The van der Waals surface area contributed by atoms with Crippen LogP contribution in [0, 0.1) is 13.8 Å². The van der Waals surface area contributed by atoms with Gasteiger partial charge in [-0.05, 0) is 73.9 Å².